The Morgan fingerprint density at radius 2 is 2.18 bits per heavy atom. The monoisotopic (exact) mass is 250 g/mol. The predicted molar refractivity (Wildman–Crippen MR) is 71.7 cm³/mol. The Hall–Kier alpha value is -1.00. The van der Waals surface area contributed by atoms with Crippen molar-refractivity contribution in [1.82, 2.24) is 10.6 Å². The molecule has 1 atom stereocenters. The molecule has 3 nitrogen and oxygen atoms in total. The van der Waals surface area contributed by atoms with Gasteiger partial charge in [-0.2, -0.15) is 0 Å². The average Bonchev–Trinajstić information content (AvgIpc) is 2.68. The van der Waals surface area contributed by atoms with Gasteiger partial charge in [0, 0.05) is 17.8 Å². The van der Waals surface area contributed by atoms with E-state index >= 15 is 0 Å². The van der Waals surface area contributed by atoms with Crippen LogP contribution in [0.1, 0.15) is 19.4 Å². The third-order valence-corrected chi connectivity index (χ3v) is 4.10. The lowest BCUT2D eigenvalue weighted by Gasteiger charge is -2.15. The molecule has 1 aromatic carbocycles. The minimum absolute atomic E-state index is 0.0735. The maximum Gasteiger partial charge on any atom is 0.247 e. The van der Waals surface area contributed by atoms with Crippen LogP contribution in [-0.4, -0.2) is 22.6 Å². The molecule has 1 saturated heterocycles. The fourth-order valence-electron chi connectivity index (χ4n) is 1.76. The Balaban J connectivity index is 1.83. The molecule has 92 valence electrons. The van der Waals surface area contributed by atoms with Gasteiger partial charge in [-0.15, -0.1) is 11.8 Å². The molecular weight excluding hydrogens is 232 g/mol. The lowest BCUT2D eigenvalue weighted by molar-refractivity contribution is -0.121. The Labute approximate surface area is 106 Å². The highest BCUT2D eigenvalue weighted by Crippen LogP contribution is 2.32. The number of benzene rings is 1. The van der Waals surface area contributed by atoms with E-state index < -0.39 is 0 Å². The van der Waals surface area contributed by atoms with Gasteiger partial charge in [-0.1, -0.05) is 30.3 Å². The standard InChI is InChI=1S/C13H18N2OS/c1-13(2)9-15-12(17-13)11(16)14-8-10-6-4-3-5-7-10/h3-7,12,15H,8-9H2,1-2H3,(H,14,16). The smallest absolute Gasteiger partial charge is 0.247 e. The first kappa shape index (κ1) is 12.5. The molecule has 17 heavy (non-hydrogen) atoms. The molecule has 1 aliphatic rings. The molecule has 2 rings (SSSR count). The van der Waals surface area contributed by atoms with Crippen LogP contribution in [0.4, 0.5) is 0 Å². The van der Waals surface area contributed by atoms with Crippen LogP contribution in [-0.2, 0) is 11.3 Å². The van der Waals surface area contributed by atoms with Crippen LogP contribution in [0.5, 0.6) is 0 Å². The number of carbonyl (C=O) groups is 1. The van der Waals surface area contributed by atoms with Crippen molar-refractivity contribution in [2.24, 2.45) is 0 Å². The molecule has 0 spiro atoms. The number of thioether (sulfide) groups is 1. The Bertz CT molecular complexity index is 392. The van der Waals surface area contributed by atoms with Gasteiger partial charge in [-0.05, 0) is 19.4 Å². The van der Waals surface area contributed by atoms with Crippen LogP contribution in [0, 0.1) is 0 Å². The van der Waals surface area contributed by atoms with Crippen molar-refractivity contribution in [3.63, 3.8) is 0 Å². The molecule has 0 aromatic heterocycles. The zero-order valence-corrected chi connectivity index (χ0v) is 11.0. The quantitative estimate of drug-likeness (QED) is 0.858. The van der Waals surface area contributed by atoms with Gasteiger partial charge < -0.3 is 5.32 Å². The number of carbonyl (C=O) groups excluding carboxylic acids is 1. The largest absolute Gasteiger partial charge is 0.350 e. The molecule has 1 amide bonds. The van der Waals surface area contributed by atoms with Crippen molar-refractivity contribution in [3.05, 3.63) is 35.9 Å². The summed E-state index contributed by atoms with van der Waals surface area (Å²) >= 11 is 1.69. The van der Waals surface area contributed by atoms with E-state index in [1.54, 1.807) is 11.8 Å². The second kappa shape index (κ2) is 5.10. The summed E-state index contributed by atoms with van der Waals surface area (Å²) in [6, 6.07) is 9.96. The average molecular weight is 250 g/mol. The summed E-state index contributed by atoms with van der Waals surface area (Å²) < 4.78 is 0.148. The minimum Gasteiger partial charge on any atom is -0.350 e. The van der Waals surface area contributed by atoms with E-state index in [1.165, 1.54) is 0 Å². The Morgan fingerprint density at radius 1 is 1.47 bits per heavy atom. The van der Waals surface area contributed by atoms with Gasteiger partial charge in [0.25, 0.3) is 0 Å². The molecule has 2 N–H and O–H groups in total. The zero-order valence-electron chi connectivity index (χ0n) is 10.2. The van der Waals surface area contributed by atoms with Gasteiger partial charge in [0.1, 0.15) is 5.37 Å². The number of nitrogens with one attached hydrogen (secondary N) is 2. The van der Waals surface area contributed by atoms with Crippen molar-refractivity contribution >= 4 is 17.7 Å². The van der Waals surface area contributed by atoms with Gasteiger partial charge in [0.2, 0.25) is 5.91 Å². The third kappa shape index (κ3) is 3.48. The molecule has 1 aromatic rings. The van der Waals surface area contributed by atoms with Crippen LogP contribution in [0.25, 0.3) is 0 Å². The van der Waals surface area contributed by atoms with Gasteiger partial charge in [-0.25, -0.2) is 0 Å². The number of amides is 1. The van der Waals surface area contributed by atoms with Crippen molar-refractivity contribution in [3.8, 4) is 0 Å². The van der Waals surface area contributed by atoms with E-state index in [2.05, 4.69) is 24.5 Å². The highest BCUT2D eigenvalue weighted by molar-refractivity contribution is 8.02. The van der Waals surface area contributed by atoms with Gasteiger partial charge in [0.05, 0.1) is 0 Å². The van der Waals surface area contributed by atoms with Gasteiger partial charge >= 0.3 is 0 Å². The van der Waals surface area contributed by atoms with E-state index in [4.69, 9.17) is 0 Å². The molecule has 0 bridgehead atoms. The number of hydrogen-bond donors (Lipinski definition) is 2. The summed E-state index contributed by atoms with van der Waals surface area (Å²) in [7, 11) is 0. The Morgan fingerprint density at radius 3 is 2.76 bits per heavy atom. The first-order chi connectivity index (χ1) is 8.07. The van der Waals surface area contributed by atoms with Crippen molar-refractivity contribution in [2.75, 3.05) is 6.54 Å². The maximum absolute atomic E-state index is 11.9. The lowest BCUT2D eigenvalue weighted by Crippen LogP contribution is -2.38. The van der Waals surface area contributed by atoms with E-state index in [1.807, 2.05) is 30.3 Å². The van der Waals surface area contributed by atoms with Crippen molar-refractivity contribution < 1.29 is 4.79 Å². The van der Waals surface area contributed by atoms with Crippen LogP contribution >= 0.6 is 11.8 Å². The summed E-state index contributed by atoms with van der Waals surface area (Å²) in [5.41, 5.74) is 1.13. The zero-order chi connectivity index (χ0) is 12.3. The van der Waals surface area contributed by atoms with Crippen LogP contribution < -0.4 is 10.6 Å². The maximum atomic E-state index is 11.9. The summed E-state index contributed by atoms with van der Waals surface area (Å²) in [5.74, 6) is 0.0735. The Kier molecular flexibility index (Phi) is 3.74. The molecular formula is C13H18N2OS. The topological polar surface area (TPSA) is 41.1 Å². The van der Waals surface area contributed by atoms with Gasteiger partial charge in [-0.3, -0.25) is 10.1 Å². The molecule has 4 heteroatoms. The number of rotatable bonds is 3. The third-order valence-electron chi connectivity index (χ3n) is 2.70. The minimum atomic E-state index is -0.117. The fourth-order valence-corrected chi connectivity index (χ4v) is 2.93. The summed E-state index contributed by atoms with van der Waals surface area (Å²) in [5, 5.41) is 6.07. The molecule has 1 unspecified atom stereocenters. The van der Waals surface area contributed by atoms with E-state index in [-0.39, 0.29) is 16.0 Å². The SMILES string of the molecule is CC1(C)CNC(C(=O)NCc2ccccc2)S1. The molecule has 0 aliphatic carbocycles. The van der Waals surface area contributed by atoms with Crippen LogP contribution in [0.2, 0.25) is 0 Å². The summed E-state index contributed by atoms with van der Waals surface area (Å²) in [6.45, 7) is 5.77. The summed E-state index contributed by atoms with van der Waals surface area (Å²) in [6.07, 6.45) is 0. The van der Waals surface area contributed by atoms with Crippen molar-refractivity contribution in [1.29, 1.82) is 0 Å². The van der Waals surface area contributed by atoms with Crippen molar-refractivity contribution in [2.45, 2.75) is 30.5 Å². The molecule has 1 heterocycles. The molecule has 0 radical (unpaired) electrons. The predicted octanol–water partition coefficient (Wildman–Crippen LogP) is 1.74. The fraction of sp³-hybridized carbons (Fsp3) is 0.462. The first-order valence-electron chi connectivity index (χ1n) is 5.80. The van der Waals surface area contributed by atoms with Crippen LogP contribution in [0.3, 0.4) is 0 Å². The highest BCUT2D eigenvalue weighted by atomic mass is 32.2. The summed E-state index contributed by atoms with van der Waals surface area (Å²) in [4.78, 5) is 11.9. The van der Waals surface area contributed by atoms with E-state index in [0.29, 0.717) is 6.54 Å². The van der Waals surface area contributed by atoms with E-state index in [0.717, 1.165) is 12.1 Å². The normalized spacial score (nSPS) is 22.4. The second-order valence-corrected chi connectivity index (χ2v) is 6.65. The lowest BCUT2D eigenvalue weighted by atomic mass is 10.2. The van der Waals surface area contributed by atoms with Gasteiger partial charge in [0.15, 0.2) is 0 Å². The highest BCUT2D eigenvalue weighted by Gasteiger charge is 2.35. The molecule has 0 saturated carbocycles. The van der Waals surface area contributed by atoms with E-state index in [9.17, 15) is 4.79 Å². The second-order valence-electron chi connectivity index (χ2n) is 4.84. The molecule has 1 aliphatic heterocycles. The molecule has 1 fully saturated rings. The number of hydrogen-bond acceptors (Lipinski definition) is 3. The first-order valence-corrected chi connectivity index (χ1v) is 6.68. The van der Waals surface area contributed by atoms with Crippen LogP contribution in [0.15, 0.2) is 30.3 Å².